The average Bonchev–Trinajstić information content (AvgIpc) is 3.24. The summed E-state index contributed by atoms with van der Waals surface area (Å²) in [6.45, 7) is 1.89. The molecule has 142 valence electrons. The van der Waals surface area contributed by atoms with E-state index in [1.807, 2.05) is 18.2 Å². The molecule has 1 aliphatic rings. The first-order valence-electron chi connectivity index (χ1n) is 9.07. The van der Waals surface area contributed by atoms with Crippen LogP contribution >= 0.6 is 0 Å². The Bertz CT molecular complexity index is 977. The molecule has 0 spiro atoms. The van der Waals surface area contributed by atoms with E-state index in [9.17, 15) is 14.0 Å². The smallest absolute Gasteiger partial charge is 0.274 e. The van der Waals surface area contributed by atoms with Crippen molar-refractivity contribution < 1.29 is 14.0 Å². The summed E-state index contributed by atoms with van der Waals surface area (Å²) < 4.78 is 14.6. The molecule has 0 unspecified atom stereocenters. The number of hydrogen-bond acceptors (Lipinski definition) is 3. The van der Waals surface area contributed by atoms with Crippen molar-refractivity contribution in [3.05, 3.63) is 83.9 Å². The highest BCUT2D eigenvalue weighted by Gasteiger charge is 2.26. The van der Waals surface area contributed by atoms with Gasteiger partial charge in [-0.05, 0) is 42.5 Å². The lowest BCUT2D eigenvalue weighted by molar-refractivity contribution is 0.0532. The number of rotatable bonds is 3. The molecule has 2 amide bonds. The van der Waals surface area contributed by atoms with Gasteiger partial charge in [0, 0.05) is 37.9 Å². The minimum atomic E-state index is -0.324. The largest absolute Gasteiger partial charge is 0.335 e. The number of carbonyl (C=O) groups excluding carboxylic acids is 2. The van der Waals surface area contributed by atoms with Crippen LogP contribution in [-0.2, 0) is 0 Å². The maximum atomic E-state index is 13.1. The molecule has 2 heterocycles. The number of carbonyl (C=O) groups is 2. The van der Waals surface area contributed by atoms with Crippen LogP contribution in [0.15, 0.2) is 66.9 Å². The van der Waals surface area contributed by atoms with Crippen molar-refractivity contribution in [2.45, 2.75) is 0 Å². The van der Waals surface area contributed by atoms with Gasteiger partial charge in [-0.15, -0.1) is 0 Å². The maximum Gasteiger partial charge on any atom is 0.274 e. The Morgan fingerprint density at radius 1 is 0.786 bits per heavy atom. The average molecular weight is 378 g/mol. The van der Waals surface area contributed by atoms with Gasteiger partial charge in [0.15, 0.2) is 5.69 Å². The molecular formula is C21H19FN4O2. The number of nitrogens with zero attached hydrogens (tertiary/aromatic N) is 4. The lowest BCUT2D eigenvalue weighted by atomic mass is 10.2. The van der Waals surface area contributed by atoms with Crippen molar-refractivity contribution in [2.75, 3.05) is 26.2 Å². The van der Waals surface area contributed by atoms with E-state index in [0.717, 1.165) is 0 Å². The Morgan fingerprint density at radius 2 is 1.39 bits per heavy atom. The van der Waals surface area contributed by atoms with Crippen LogP contribution < -0.4 is 0 Å². The standard InChI is InChI=1S/C21H19FN4O2/c22-17-6-8-18(9-7-17)26-11-10-19(23-26)21(28)25-14-12-24(13-15-25)20(27)16-4-2-1-3-5-16/h1-11H,12-15H2. The molecule has 0 radical (unpaired) electrons. The van der Waals surface area contributed by atoms with Crippen LogP contribution in [0.25, 0.3) is 5.69 Å². The summed E-state index contributed by atoms with van der Waals surface area (Å²) in [5.74, 6) is -0.518. The van der Waals surface area contributed by atoms with Gasteiger partial charge in [0.2, 0.25) is 0 Å². The third-order valence-electron chi connectivity index (χ3n) is 4.77. The van der Waals surface area contributed by atoms with E-state index in [-0.39, 0.29) is 17.6 Å². The molecular weight excluding hydrogens is 359 g/mol. The molecule has 2 aromatic carbocycles. The molecule has 0 saturated carbocycles. The summed E-state index contributed by atoms with van der Waals surface area (Å²) in [4.78, 5) is 28.7. The molecule has 0 bridgehead atoms. The Kier molecular flexibility index (Phi) is 4.89. The molecule has 1 fully saturated rings. The second-order valence-electron chi connectivity index (χ2n) is 6.57. The number of amides is 2. The van der Waals surface area contributed by atoms with Gasteiger partial charge in [-0.25, -0.2) is 9.07 Å². The van der Waals surface area contributed by atoms with E-state index < -0.39 is 0 Å². The summed E-state index contributed by atoms with van der Waals surface area (Å²) in [6, 6.07) is 16.7. The van der Waals surface area contributed by atoms with Crippen LogP contribution in [0.4, 0.5) is 4.39 Å². The predicted molar refractivity (Wildman–Crippen MR) is 102 cm³/mol. The highest BCUT2D eigenvalue weighted by molar-refractivity contribution is 5.95. The zero-order chi connectivity index (χ0) is 19.5. The molecule has 6 nitrogen and oxygen atoms in total. The van der Waals surface area contributed by atoms with E-state index in [2.05, 4.69) is 5.10 Å². The van der Waals surface area contributed by atoms with Crippen LogP contribution in [0.3, 0.4) is 0 Å². The van der Waals surface area contributed by atoms with Crippen LogP contribution in [0.5, 0.6) is 0 Å². The highest BCUT2D eigenvalue weighted by Crippen LogP contribution is 2.13. The predicted octanol–water partition coefficient (Wildman–Crippen LogP) is 2.61. The summed E-state index contributed by atoms with van der Waals surface area (Å²) >= 11 is 0. The fourth-order valence-electron chi connectivity index (χ4n) is 3.21. The number of hydrogen-bond donors (Lipinski definition) is 0. The minimum Gasteiger partial charge on any atom is -0.335 e. The first kappa shape index (κ1) is 17.9. The second-order valence-corrected chi connectivity index (χ2v) is 6.57. The summed E-state index contributed by atoms with van der Waals surface area (Å²) in [5.41, 5.74) is 1.66. The normalized spacial score (nSPS) is 14.2. The highest BCUT2D eigenvalue weighted by atomic mass is 19.1. The summed E-state index contributed by atoms with van der Waals surface area (Å²) in [6.07, 6.45) is 1.68. The van der Waals surface area contributed by atoms with Gasteiger partial charge in [0.05, 0.1) is 5.69 Å². The molecule has 7 heteroatoms. The minimum absolute atomic E-state index is 0.0201. The van der Waals surface area contributed by atoms with Crippen molar-refractivity contribution in [3.8, 4) is 5.69 Å². The molecule has 0 N–H and O–H groups in total. The van der Waals surface area contributed by atoms with Crippen LogP contribution in [0.2, 0.25) is 0 Å². The molecule has 28 heavy (non-hydrogen) atoms. The fourth-order valence-corrected chi connectivity index (χ4v) is 3.21. The Labute approximate surface area is 161 Å². The van der Waals surface area contributed by atoms with E-state index in [1.54, 1.807) is 51.0 Å². The van der Waals surface area contributed by atoms with Gasteiger partial charge in [0.25, 0.3) is 11.8 Å². The molecule has 3 aromatic rings. The van der Waals surface area contributed by atoms with E-state index >= 15 is 0 Å². The van der Waals surface area contributed by atoms with Crippen LogP contribution in [-0.4, -0.2) is 57.6 Å². The quantitative estimate of drug-likeness (QED) is 0.704. The first-order chi connectivity index (χ1) is 13.6. The topological polar surface area (TPSA) is 58.4 Å². The van der Waals surface area contributed by atoms with Gasteiger partial charge < -0.3 is 9.80 Å². The second kappa shape index (κ2) is 7.64. The van der Waals surface area contributed by atoms with Crippen molar-refractivity contribution >= 4 is 11.8 Å². The third kappa shape index (κ3) is 3.64. The van der Waals surface area contributed by atoms with Gasteiger partial charge in [0.1, 0.15) is 5.82 Å². The third-order valence-corrected chi connectivity index (χ3v) is 4.77. The van der Waals surface area contributed by atoms with Crippen LogP contribution in [0.1, 0.15) is 20.8 Å². The Hall–Kier alpha value is -3.48. The Morgan fingerprint density at radius 3 is 2.04 bits per heavy atom. The monoisotopic (exact) mass is 378 g/mol. The van der Waals surface area contributed by atoms with Crippen molar-refractivity contribution in [3.63, 3.8) is 0 Å². The maximum absolute atomic E-state index is 13.1. The fraction of sp³-hybridized carbons (Fsp3) is 0.190. The van der Waals surface area contributed by atoms with Crippen molar-refractivity contribution in [1.82, 2.24) is 19.6 Å². The van der Waals surface area contributed by atoms with Crippen molar-refractivity contribution in [1.29, 1.82) is 0 Å². The molecule has 0 atom stereocenters. The molecule has 1 aliphatic heterocycles. The van der Waals surface area contributed by atoms with Crippen molar-refractivity contribution in [2.24, 2.45) is 0 Å². The SMILES string of the molecule is O=C(c1ccccc1)N1CCN(C(=O)c2ccn(-c3ccc(F)cc3)n2)CC1. The van der Waals surface area contributed by atoms with Gasteiger partial charge in [-0.2, -0.15) is 5.10 Å². The zero-order valence-electron chi connectivity index (χ0n) is 15.2. The summed E-state index contributed by atoms with van der Waals surface area (Å²) in [7, 11) is 0. The number of aromatic nitrogens is 2. The van der Waals surface area contributed by atoms with Crippen LogP contribution in [0, 0.1) is 5.82 Å². The van der Waals surface area contributed by atoms with Gasteiger partial charge in [-0.3, -0.25) is 9.59 Å². The number of piperazine rings is 1. The van der Waals surface area contributed by atoms with E-state index in [0.29, 0.717) is 43.1 Å². The molecule has 0 aliphatic carbocycles. The molecule has 4 rings (SSSR count). The zero-order valence-corrected chi connectivity index (χ0v) is 15.2. The number of benzene rings is 2. The van der Waals surface area contributed by atoms with Gasteiger partial charge in [-0.1, -0.05) is 18.2 Å². The molecule has 1 aromatic heterocycles. The van der Waals surface area contributed by atoms with Gasteiger partial charge >= 0.3 is 0 Å². The summed E-state index contributed by atoms with van der Waals surface area (Å²) in [5, 5.41) is 4.31. The van der Waals surface area contributed by atoms with E-state index in [4.69, 9.17) is 0 Å². The molecule has 1 saturated heterocycles. The lowest BCUT2D eigenvalue weighted by Gasteiger charge is -2.34. The lowest BCUT2D eigenvalue weighted by Crippen LogP contribution is -2.50. The Balaban J connectivity index is 1.39. The first-order valence-corrected chi connectivity index (χ1v) is 9.07. The van der Waals surface area contributed by atoms with E-state index in [1.165, 1.54) is 12.1 Å². The number of halogens is 1.